The minimum atomic E-state index is -1.13. The third kappa shape index (κ3) is 4.44. The number of aromatic nitrogens is 2. The number of benzene rings is 1. The molecule has 3 heterocycles. The van der Waals surface area contributed by atoms with Gasteiger partial charge in [0, 0.05) is 42.5 Å². The highest BCUT2D eigenvalue weighted by Crippen LogP contribution is 2.34. The number of aryl methyl sites for hydroxylation is 1. The van der Waals surface area contributed by atoms with Crippen molar-refractivity contribution in [3.8, 4) is 0 Å². The number of piperazine rings is 1. The molecule has 0 bridgehead atoms. The predicted octanol–water partition coefficient (Wildman–Crippen LogP) is 2.76. The van der Waals surface area contributed by atoms with Crippen LogP contribution in [-0.4, -0.2) is 56.8 Å². The van der Waals surface area contributed by atoms with Crippen LogP contribution in [0.3, 0.4) is 0 Å². The van der Waals surface area contributed by atoms with Gasteiger partial charge in [-0.15, -0.1) is 0 Å². The molecule has 0 amide bonds. The van der Waals surface area contributed by atoms with E-state index in [4.69, 9.17) is 21.6 Å². The van der Waals surface area contributed by atoms with E-state index in [2.05, 4.69) is 29.4 Å². The van der Waals surface area contributed by atoms with Gasteiger partial charge in [0.2, 0.25) is 0 Å². The van der Waals surface area contributed by atoms with Gasteiger partial charge in [-0.25, -0.2) is 9.97 Å². The Kier molecular flexibility index (Phi) is 6.53. The summed E-state index contributed by atoms with van der Waals surface area (Å²) in [6, 6.07) is 7.76. The monoisotopic (exact) mass is 463 g/mol. The molecule has 2 aliphatic rings. The van der Waals surface area contributed by atoms with Crippen molar-refractivity contribution in [3.63, 3.8) is 0 Å². The second-order valence-electron chi connectivity index (χ2n) is 8.75. The molecule has 3 N–H and O–H groups in total. The molecule has 2 unspecified atom stereocenters. The van der Waals surface area contributed by atoms with Gasteiger partial charge in [-0.1, -0.05) is 25.4 Å². The first-order valence-electron chi connectivity index (χ1n) is 10.7. The number of hydrogen-bond donors (Lipinski definition) is 3. The van der Waals surface area contributed by atoms with Crippen molar-refractivity contribution in [1.82, 2.24) is 15.3 Å². The molecule has 0 radical (unpaired) electrons. The summed E-state index contributed by atoms with van der Waals surface area (Å²) in [5.41, 5.74) is 1.34. The summed E-state index contributed by atoms with van der Waals surface area (Å²) < 4.78 is 12.7. The largest absolute Gasteiger partial charge is 0.394 e. The van der Waals surface area contributed by atoms with Crippen molar-refractivity contribution in [3.05, 3.63) is 40.8 Å². The number of nitrogens with zero attached hydrogens (tertiary/aromatic N) is 3. The van der Waals surface area contributed by atoms with Crippen LogP contribution in [0.5, 0.6) is 0 Å². The van der Waals surface area contributed by atoms with Crippen molar-refractivity contribution >= 4 is 33.9 Å². The molecule has 1 aromatic carbocycles. The molecule has 7 nitrogen and oxygen atoms in total. The van der Waals surface area contributed by atoms with Gasteiger partial charge in [0.05, 0.1) is 28.6 Å². The number of rotatable bonds is 6. The molecule has 0 spiro atoms. The minimum Gasteiger partial charge on any atom is -0.394 e. The SMILES string of the molecule is CC(C)[C@](C)(CO)Nc1nc(C2CNCCN2c2ccc(Cl)cc2)nc2c1S(=O)CC2. The molecule has 0 aliphatic carbocycles. The lowest BCUT2D eigenvalue weighted by Crippen LogP contribution is -2.47. The summed E-state index contributed by atoms with van der Waals surface area (Å²) in [4.78, 5) is 12.7. The molecule has 4 rings (SSSR count). The van der Waals surface area contributed by atoms with Crippen LogP contribution in [0.15, 0.2) is 29.2 Å². The van der Waals surface area contributed by atoms with Crippen molar-refractivity contribution in [1.29, 1.82) is 0 Å². The molecule has 1 fully saturated rings. The maximum atomic E-state index is 12.7. The number of anilines is 2. The van der Waals surface area contributed by atoms with E-state index >= 15 is 0 Å². The zero-order valence-electron chi connectivity index (χ0n) is 18.2. The highest BCUT2D eigenvalue weighted by atomic mass is 35.5. The molecule has 168 valence electrons. The maximum Gasteiger partial charge on any atom is 0.154 e. The molecule has 9 heteroatoms. The molecular formula is C22H30ClN5O2S. The fraction of sp³-hybridized carbons (Fsp3) is 0.545. The number of aliphatic hydroxyl groups is 1. The van der Waals surface area contributed by atoms with E-state index in [1.807, 2.05) is 31.2 Å². The van der Waals surface area contributed by atoms with Gasteiger partial charge in [-0.2, -0.15) is 0 Å². The Morgan fingerprint density at radius 3 is 2.77 bits per heavy atom. The zero-order chi connectivity index (χ0) is 22.2. The fourth-order valence-corrected chi connectivity index (χ4v) is 5.40. The molecule has 1 aromatic heterocycles. The summed E-state index contributed by atoms with van der Waals surface area (Å²) in [6.45, 7) is 8.42. The molecule has 0 saturated carbocycles. The second kappa shape index (κ2) is 9.02. The highest BCUT2D eigenvalue weighted by molar-refractivity contribution is 7.85. The van der Waals surface area contributed by atoms with Crippen LogP contribution in [0.25, 0.3) is 0 Å². The number of aliphatic hydroxyl groups excluding tert-OH is 1. The lowest BCUT2D eigenvalue weighted by molar-refractivity contribution is 0.185. The summed E-state index contributed by atoms with van der Waals surface area (Å²) in [5.74, 6) is 2.00. The van der Waals surface area contributed by atoms with Crippen LogP contribution in [0.2, 0.25) is 5.02 Å². The number of fused-ring (bicyclic) bond motifs is 1. The zero-order valence-corrected chi connectivity index (χ0v) is 19.8. The van der Waals surface area contributed by atoms with Crippen molar-refractivity contribution in [2.45, 2.75) is 43.7 Å². The highest BCUT2D eigenvalue weighted by Gasteiger charge is 2.35. The van der Waals surface area contributed by atoms with E-state index in [1.54, 1.807) is 0 Å². The first-order valence-corrected chi connectivity index (χ1v) is 12.4. The second-order valence-corrected chi connectivity index (χ2v) is 10.7. The smallest absolute Gasteiger partial charge is 0.154 e. The minimum absolute atomic E-state index is 0.0483. The molecule has 1 saturated heterocycles. The average molecular weight is 464 g/mol. The van der Waals surface area contributed by atoms with Gasteiger partial charge in [-0.05, 0) is 37.1 Å². The normalized spacial score (nSPS) is 23.0. The van der Waals surface area contributed by atoms with E-state index in [0.717, 1.165) is 24.5 Å². The topological polar surface area (TPSA) is 90.4 Å². The van der Waals surface area contributed by atoms with Crippen LogP contribution >= 0.6 is 11.6 Å². The van der Waals surface area contributed by atoms with Gasteiger partial charge in [-0.3, -0.25) is 4.21 Å². The number of nitrogens with one attached hydrogen (secondary N) is 2. The Morgan fingerprint density at radius 2 is 2.10 bits per heavy atom. The first-order chi connectivity index (χ1) is 14.8. The molecule has 2 aromatic rings. The van der Waals surface area contributed by atoms with Crippen LogP contribution < -0.4 is 15.5 Å². The maximum absolute atomic E-state index is 12.7. The summed E-state index contributed by atoms with van der Waals surface area (Å²) in [7, 11) is -1.13. The van der Waals surface area contributed by atoms with Gasteiger partial charge in [0.15, 0.2) is 5.82 Å². The Bertz CT molecular complexity index is 971. The predicted molar refractivity (Wildman–Crippen MR) is 125 cm³/mol. The lowest BCUT2D eigenvalue weighted by atomic mass is 9.89. The van der Waals surface area contributed by atoms with E-state index < -0.39 is 16.3 Å². The summed E-state index contributed by atoms with van der Waals surface area (Å²) in [6.07, 6.45) is 0.671. The third-order valence-electron chi connectivity index (χ3n) is 6.41. The number of hydrogen-bond acceptors (Lipinski definition) is 7. The van der Waals surface area contributed by atoms with Crippen LogP contribution in [-0.2, 0) is 17.2 Å². The average Bonchev–Trinajstić information content (AvgIpc) is 3.15. The van der Waals surface area contributed by atoms with Gasteiger partial charge in [0.25, 0.3) is 0 Å². The Labute approximate surface area is 191 Å². The van der Waals surface area contributed by atoms with Gasteiger partial charge in [0.1, 0.15) is 16.8 Å². The molecular weight excluding hydrogens is 434 g/mol. The van der Waals surface area contributed by atoms with Crippen LogP contribution in [0.4, 0.5) is 11.5 Å². The Balaban J connectivity index is 1.76. The first kappa shape index (κ1) is 22.5. The van der Waals surface area contributed by atoms with Crippen molar-refractivity contribution in [2.24, 2.45) is 5.92 Å². The van der Waals surface area contributed by atoms with Gasteiger partial charge < -0.3 is 20.6 Å². The van der Waals surface area contributed by atoms with E-state index in [0.29, 0.717) is 40.3 Å². The van der Waals surface area contributed by atoms with Crippen LogP contribution in [0.1, 0.15) is 38.3 Å². The number of halogens is 1. The van der Waals surface area contributed by atoms with E-state index in [-0.39, 0.29) is 18.6 Å². The van der Waals surface area contributed by atoms with E-state index in [1.165, 1.54) is 0 Å². The standard InChI is InChI=1S/C22H30ClN5O2S/c1-14(2)22(3,13-29)27-21-19-17(8-11-31(19)30)25-20(26-21)18-12-24-9-10-28(18)16-6-4-15(23)5-7-16/h4-7,14,18,24,29H,8-13H2,1-3H3,(H,25,26,27)/t18?,22-,31?/m0/s1. The quantitative estimate of drug-likeness (QED) is 0.606. The lowest BCUT2D eigenvalue weighted by Gasteiger charge is -2.38. The Morgan fingerprint density at radius 1 is 1.35 bits per heavy atom. The summed E-state index contributed by atoms with van der Waals surface area (Å²) in [5, 5.41) is 17.6. The fourth-order valence-electron chi connectivity index (χ4n) is 3.96. The van der Waals surface area contributed by atoms with Crippen LogP contribution in [0, 0.1) is 5.92 Å². The molecule has 2 aliphatic heterocycles. The Hall–Kier alpha value is -1.74. The van der Waals surface area contributed by atoms with Gasteiger partial charge >= 0.3 is 0 Å². The molecule has 31 heavy (non-hydrogen) atoms. The summed E-state index contributed by atoms with van der Waals surface area (Å²) >= 11 is 6.09. The third-order valence-corrected chi connectivity index (χ3v) is 8.12. The van der Waals surface area contributed by atoms with Crippen molar-refractivity contribution in [2.75, 3.05) is 42.2 Å². The van der Waals surface area contributed by atoms with E-state index in [9.17, 15) is 9.32 Å². The molecule has 3 atom stereocenters. The van der Waals surface area contributed by atoms with Crippen molar-refractivity contribution < 1.29 is 9.32 Å².